The number of aromatic nitrogens is 3. The molecule has 0 aliphatic rings. The number of amides is 1. The zero-order valence-electron chi connectivity index (χ0n) is 17.7. The van der Waals surface area contributed by atoms with E-state index in [9.17, 15) is 4.79 Å². The van der Waals surface area contributed by atoms with Crippen molar-refractivity contribution in [3.63, 3.8) is 0 Å². The van der Waals surface area contributed by atoms with Gasteiger partial charge < -0.3 is 15.2 Å². The van der Waals surface area contributed by atoms with Gasteiger partial charge in [0.1, 0.15) is 0 Å². The van der Waals surface area contributed by atoms with E-state index in [2.05, 4.69) is 31.1 Å². The Morgan fingerprint density at radius 1 is 1.19 bits per heavy atom. The van der Waals surface area contributed by atoms with Gasteiger partial charge in [0.25, 0.3) is 0 Å². The van der Waals surface area contributed by atoms with Crippen LogP contribution in [0.15, 0.2) is 76.1 Å². The summed E-state index contributed by atoms with van der Waals surface area (Å²) in [5.74, 6) is 0.281. The Morgan fingerprint density at radius 2 is 2.00 bits per heavy atom. The maximum Gasteiger partial charge on any atom is 0.235 e. The lowest BCUT2D eigenvalue weighted by molar-refractivity contribution is -0.123. The van der Waals surface area contributed by atoms with Gasteiger partial charge in [-0.05, 0) is 24.6 Å². The van der Waals surface area contributed by atoms with E-state index in [1.165, 1.54) is 5.56 Å². The van der Waals surface area contributed by atoms with Crippen molar-refractivity contribution in [2.75, 3.05) is 0 Å². The maximum atomic E-state index is 12.5. The first-order chi connectivity index (χ1) is 15.5. The molecule has 32 heavy (non-hydrogen) atoms. The summed E-state index contributed by atoms with van der Waals surface area (Å²) in [5, 5.41) is 4.25. The zero-order valence-corrected chi connectivity index (χ0v) is 19.2. The van der Waals surface area contributed by atoms with Gasteiger partial charge in [0, 0.05) is 47.5 Å². The second-order valence-corrected chi connectivity index (χ2v) is 8.70. The Bertz CT molecular complexity index is 1170. The zero-order chi connectivity index (χ0) is 22.5. The number of rotatable bonds is 9. The Balaban J connectivity index is 1.61. The van der Waals surface area contributed by atoms with E-state index in [4.69, 9.17) is 10.3 Å². The number of aromatic amines is 1. The number of benzene rings is 2. The molecule has 0 saturated carbocycles. The molecule has 1 amide bonds. The lowest BCUT2D eigenvalue weighted by atomic mass is 10.1. The van der Waals surface area contributed by atoms with Gasteiger partial charge in [0.05, 0.1) is 18.1 Å². The van der Waals surface area contributed by atoms with Crippen LogP contribution in [0.25, 0.3) is 11.3 Å². The van der Waals surface area contributed by atoms with Crippen molar-refractivity contribution in [3.8, 4) is 11.3 Å². The number of halogens is 1. The molecule has 4 rings (SSSR count). The van der Waals surface area contributed by atoms with Crippen molar-refractivity contribution in [1.29, 1.82) is 0 Å². The van der Waals surface area contributed by atoms with E-state index in [1.54, 1.807) is 12.5 Å². The number of nitrogens with one attached hydrogen (secondary N) is 1. The number of primary amides is 1. The molecule has 164 valence electrons. The molecule has 0 radical (unpaired) electrons. The third-order valence-electron chi connectivity index (χ3n) is 5.27. The van der Waals surface area contributed by atoms with Gasteiger partial charge in [-0.25, -0.2) is 4.98 Å². The van der Waals surface area contributed by atoms with Crippen molar-refractivity contribution in [3.05, 3.63) is 94.1 Å². The predicted octanol–water partition coefficient (Wildman–Crippen LogP) is 4.23. The number of carbonyl (C=O) groups is 1. The number of H-pyrrole nitrogens is 1. The second-order valence-electron chi connectivity index (χ2n) is 7.78. The number of hydrogen-bond acceptors (Lipinski definition) is 5. The molecule has 3 N–H and O–H groups in total. The van der Waals surface area contributed by atoms with Gasteiger partial charge in [-0.3, -0.25) is 9.69 Å². The summed E-state index contributed by atoms with van der Waals surface area (Å²) < 4.78 is 6.56. The molecule has 0 bridgehead atoms. The summed E-state index contributed by atoms with van der Waals surface area (Å²) in [6, 6.07) is 17.4. The standard InChI is InChI=1S/C24H24BrN5O2/c1-16-5-7-18(8-6-16)23-11-21(29-32-23)14-30(13-17-3-2-4-19(25)9-17)22(24(26)31)10-20-12-27-15-28-20/h2-9,11-12,15,22H,10,13-14H2,1H3,(H2,26,31)(H,27,28). The topological polar surface area (TPSA) is 101 Å². The number of hydrogen-bond donors (Lipinski definition) is 2. The molecule has 2 aromatic carbocycles. The molecule has 1 unspecified atom stereocenters. The fourth-order valence-corrected chi connectivity index (χ4v) is 4.06. The highest BCUT2D eigenvalue weighted by molar-refractivity contribution is 9.10. The largest absolute Gasteiger partial charge is 0.368 e. The van der Waals surface area contributed by atoms with Crippen molar-refractivity contribution < 1.29 is 9.32 Å². The smallest absolute Gasteiger partial charge is 0.235 e. The summed E-state index contributed by atoms with van der Waals surface area (Å²) in [5.41, 5.74) is 10.6. The Labute approximate surface area is 194 Å². The third-order valence-corrected chi connectivity index (χ3v) is 5.77. The minimum Gasteiger partial charge on any atom is -0.368 e. The highest BCUT2D eigenvalue weighted by Crippen LogP contribution is 2.23. The van der Waals surface area contributed by atoms with Gasteiger partial charge in [0.15, 0.2) is 5.76 Å². The first kappa shape index (κ1) is 22.0. The van der Waals surface area contributed by atoms with Gasteiger partial charge in [0.2, 0.25) is 5.91 Å². The molecule has 0 saturated heterocycles. The molecule has 8 heteroatoms. The van der Waals surface area contributed by atoms with Crippen LogP contribution >= 0.6 is 15.9 Å². The minimum atomic E-state index is -0.547. The normalized spacial score (nSPS) is 12.2. The van der Waals surface area contributed by atoms with Crippen LogP contribution in [0.2, 0.25) is 0 Å². The van der Waals surface area contributed by atoms with E-state index in [-0.39, 0.29) is 0 Å². The molecule has 0 spiro atoms. The Kier molecular flexibility index (Phi) is 6.82. The van der Waals surface area contributed by atoms with Gasteiger partial charge in [-0.2, -0.15) is 0 Å². The lowest BCUT2D eigenvalue weighted by Crippen LogP contribution is -2.45. The number of imidazole rings is 1. The van der Waals surface area contributed by atoms with E-state index in [1.807, 2.05) is 66.4 Å². The number of nitrogens with zero attached hydrogens (tertiary/aromatic N) is 3. The van der Waals surface area contributed by atoms with Crippen molar-refractivity contribution >= 4 is 21.8 Å². The first-order valence-corrected chi connectivity index (χ1v) is 11.0. The van der Waals surface area contributed by atoms with Crippen molar-refractivity contribution in [2.45, 2.75) is 32.5 Å². The molecule has 1 atom stereocenters. The summed E-state index contributed by atoms with van der Waals surface area (Å²) in [6.45, 7) is 2.97. The Hall–Kier alpha value is -3.23. The molecule has 2 aromatic heterocycles. The van der Waals surface area contributed by atoms with Crippen LogP contribution in [0.4, 0.5) is 0 Å². The predicted molar refractivity (Wildman–Crippen MR) is 125 cm³/mol. The van der Waals surface area contributed by atoms with Crippen LogP contribution in [0.1, 0.15) is 22.5 Å². The van der Waals surface area contributed by atoms with Crippen molar-refractivity contribution in [1.82, 2.24) is 20.0 Å². The van der Waals surface area contributed by atoms with Crippen LogP contribution < -0.4 is 5.73 Å². The summed E-state index contributed by atoms with van der Waals surface area (Å²) in [6.07, 6.45) is 3.72. The number of nitrogens with two attached hydrogens (primary N) is 1. The first-order valence-electron chi connectivity index (χ1n) is 10.3. The van der Waals surface area contributed by atoms with Crippen LogP contribution in [0, 0.1) is 6.92 Å². The highest BCUT2D eigenvalue weighted by Gasteiger charge is 2.26. The second kappa shape index (κ2) is 9.93. The molecule has 7 nitrogen and oxygen atoms in total. The van der Waals surface area contributed by atoms with E-state index in [0.717, 1.165) is 27.0 Å². The van der Waals surface area contributed by atoms with Gasteiger partial charge >= 0.3 is 0 Å². The highest BCUT2D eigenvalue weighted by atomic mass is 79.9. The van der Waals surface area contributed by atoms with E-state index < -0.39 is 11.9 Å². The van der Waals surface area contributed by atoms with Gasteiger partial charge in [-0.15, -0.1) is 0 Å². The monoisotopic (exact) mass is 493 g/mol. The lowest BCUT2D eigenvalue weighted by Gasteiger charge is -2.28. The van der Waals surface area contributed by atoms with E-state index >= 15 is 0 Å². The van der Waals surface area contributed by atoms with Crippen LogP contribution in [0.5, 0.6) is 0 Å². The molecule has 0 aliphatic heterocycles. The summed E-state index contributed by atoms with van der Waals surface area (Å²) in [4.78, 5) is 21.6. The summed E-state index contributed by atoms with van der Waals surface area (Å²) >= 11 is 3.52. The quantitative estimate of drug-likeness (QED) is 0.363. The molecule has 0 aliphatic carbocycles. The SMILES string of the molecule is Cc1ccc(-c2cc(CN(Cc3cccc(Br)c3)C(Cc3cnc[nH]3)C(N)=O)no2)cc1. The van der Waals surface area contributed by atoms with Gasteiger partial charge in [-0.1, -0.05) is 63.0 Å². The molecule has 2 heterocycles. The maximum absolute atomic E-state index is 12.5. The third kappa shape index (κ3) is 5.52. The van der Waals surface area contributed by atoms with Crippen molar-refractivity contribution in [2.24, 2.45) is 5.73 Å². The van der Waals surface area contributed by atoms with Crippen LogP contribution in [-0.4, -0.2) is 32.0 Å². The number of carbonyl (C=O) groups excluding carboxylic acids is 1. The molecular weight excluding hydrogens is 470 g/mol. The molecule has 4 aromatic rings. The summed E-state index contributed by atoms with van der Waals surface area (Å²) in [7, 11) is 0. The Morgan fingerprint density at radius 3 is 2.69 bits per heavy atom. The molecule has 0 fully saturated rings. The average molecular weight is 494 g/mol. The minimum absolute atomic E-state index is 0.406. The fraction of sp³-hybridized carbons (Fsp3) is 0.208. The molecular formula is C24H24BrN5O2. The van der Waals surface area contributed by atoms with E-state index in [0.29, 0.717) is 25.3 Å². The van der Waals surface area contributed by atoms with Crippen LogP contribution in [0.3, 0.4) is 0 Å². The van der Waals surface area contributed by atoms with Crippen LogP contribution in [-0.2, 0) is 24.3 Å². The average Bonchev–Trinajstić information content (AvgIpc) is 3.44. The number of aryl methyl sites for hydroxylation is 1. The fourth-order valence-electron chi connectivity index (χ4n) is 3.61.